The highest BCUT2D eigenvalue weighted by Crippen LogP contribution is 2.32. The number of Topliss-reactive ketones (excluding diaryl/α,β-unsaturated/α-hetero) is 1. The highest BCUT2D eigenvalue weighted by Gasteiger charge is 2.21. The van der Waals surface area contributed by atoms with E-state index in [0.717, 1.165) is 10.5 Å². The zero-order chi connectivity index (χ0) is 7.56. The Morgan fingerprint density at radius 2 is 2.10 bits per heavy atom. The van der Waals surface area contributed by atoms with Crippen LogP contribution in [0, 0.1) is 0 Å². The first-order chi connectivity index (χ1) is 4.79. The summed E-state index contributed by atoms with van der Waals surface area (Å²) < 4.78 is 0. The third kappa shape index (κ3) is 1.16. The predicted octanol–water partition coefficient (Wildman–Crippen LogP) is 2.15. The molecule has 1 fully saturated rings. The van der Waals surface area contributed by atoms with Crippen molar-refractivity contribution in [1.29, 1.82) is 0 Å². The van der Waals surface area contributed by atoms with Crippen LogP contribution in [-0.4, -0.2) is 11.5 Å². The van der Waals surface area contributed by atoms with Gasteiger partial charge in [-0.25, -0.2) is 0 Å². The van der Waals surface area contributed by atoms with Crippen molar-refractivity contribution in [3.05, 3.63) is 22.6 Å². The van der Waals surface area contributed by atoms with Crippen LogP contribution in [-0.2, 0) is 4.79 Å². The molecule has 1 saturated heterocycles. The van der Waals surface area contributed by atoms with E-state index >= 15 is 0 Å². The number of carbonyl (C=O) groups excluding carboxylic acids is 1. The number of rotatable bonds is 0. The van der Waals surface area contributed by atoms with Crippen molar-refractivity contribution in [2.45, 2.75) is 13.8 Å². The smallest absolute Gasteiger partial charge is 0.173 e. The fourth-order valence-corrected chi connectivity index (χ4v) is 1.97. The monoisotopic (exact) mass is 154 g/mol. The van der Waals surface area contributed by atoms with Crippen LogP contribution in [0.25, 0.3) is 0 Å². The Labute approximate surface area is 65.2 Å². The molecule has 0 radical (unpaired) electrons. The predicted molar refractivity (Wildman–Crippen MR) is 45.0 cm³/mol. The van der Waals surface area contributed by atoms with E-state index in [2.05, 4.69) is 0 Å². The maximum Gasteiger partial charge on any atom is 0.173 e. The van der Waals surface area contributed by atoms with Crippen LogP contribution in [0.3, 0.4) is 0 Å². The molecule has 0 aromatic carbocycles. The van der Waals surface area contributed by atoms with E-state index in [0.29, 0.717) is 5.75 Å². The molecular formula is C8H10OS. The van der Waals surface area contributed by atoms with Gasteiger partial charge in [0.05, 0.1) is 5.75 Å². The standard InChI is InChI=1S/C8H10OS/c1-3-6-7(9)5-10-8(6)4-2/h3-4H,5H2,1-2H3/b6-3-,8-4+. The van der Waals surface area contributed by atoms with Crippen molar-refractivity contribution in [3.8, 4) is 0 Å². The van der Waals surface area contributed by atoms with Crippen LogP contribution >= 0.6 is 11.8 Å². The Balaban J connectivity index is 2.95. The minimum atomic E-state index is 0.264. The minimum absolute atomic E-state index is 0.264. The van der Waals surface area contributed by atoms with Crippen molar-refractivity contribution in [3.63, 3.8) is 0 Å². The molecule has 1 heterocycles. The molecule has 1 aliphatic rings. The molecule has 0 N–H and O–H groups in total. The van der Waals surface area contributed by atoms with Gasteiger partial charge in [-0.05, 0) is 13.8 Å². The average molecular weight is 154 g/mol. The van der Waals surface area contributed by atoms with Crippen molar-refractivity contribution in [2.75, 3.05) is 5.75 Å². The Hall–Kier alpha value is -0.500. The number of ketones is 1. The van der Waals surface area contributed by atoms with Crippen LogP contribution in [0.15, 0.2) is 22.6 Å². The fraction of sp³-hybridized carbons (Fsp3) is 0.375. The minimum Gasteiger partial charge on any atom is -0.293 e. The first-order valence-electron chi connectivity index (χ1n) is 3.28. The molecular weight excluding hydrogens is 144 g/mol. The molecule has 1 aliphatic heterocycles. The second-order valence-electron chi connectivity index (χ2n) is 2.07. The third-order valence-electron chi connectivity index (χ3n) is 1.48. The number of hydrogen-bond donors (Lipinski definition) is 0. The summed E-state index contributed by atoms with van der Waals surface area (Å²) in [7, 11) is 0. The van der Waals surface area contributed by atoms with Crippen molar-refractivity contribution in [1.82, 2.24) is 0 Å². The number of thioether (sulfide) groups is 1. The summed E-state index contributed by atoms with van der Waals surface area (Å²) in [5.74, 6) is 0.889. The van der Waals surface area contributed by atoms with Gasteiger partial charge >= 0.3 is 0 Å². The molecule has 1 rings (SSSR count). The maximum atomic E-state index is 11.0. The van der Waals surface area contributed by atoms with Gasteiger partial charge in [-0.15, -0.1) is 11.8 Å². The van der Waals surface area contributed by atoms with Crippen molar-refractivity contribution < 1.29 is 4.79 Å². The summed E-state index contributed by atoms with van der Waals surface area (Å²) in [4.78, 5) is 12.2. The summed E-state index contributed by atoms with van der Waals surface area (Å²) in [6.45, 7) is 3.87. The normalized spacial score (nSPS) is 26.8. The van der Waals surface area contributed by atoms with Gasteiger partial charge in [-0.1, -0.05) is 12.2 Å². The Kier molecular flexibility index (Phi) is 2.33. The Morgan fingerprint density at radius 3 is 2.50 bits per heavy atom. The second kappa shape index (κ2) is 3.06. The molecule has 54 valence electrons. The van der Waals surface area contributed by atoms with E-state index < -0.39 is 0 Å². The van der Waals surface area contributed by atoms with Crippen molar-refractivity contribution >= 4 is 17.5 Å². The van der Waals surface area contributed by atoms with Gasteiger partial charge in [0.25, 0.3) is 0 Å². The number of allylic oxidation sites excluding steroid dienone is 3. The lowest BCUT2D eigenvalue weighted by Gasteiger charge is -1.92. The van der Waals surface area contributed by atoms with Crippen molar-refractivity contribution in [2.24, 2.45) is 0 Å². The van der Waals surface area contributed by atoms with E-state index in [1.165, 1.54) is 0 Å². The Bertz CT molecular complexity index is 213. The second-order valence-corrected chi connectivity index (χ2v) is 3.08. The van der Waals surface area contributed by atoms with Gasteiger partial charge < -0.3 is 0 Å². The van der Waals surface area contributed by atoms with E-state index in [-0.39, 0.29) is 5.78 Å². The van der Waals surface area contributed by atoms with Gasteiger partial charge in [0.2, 0.25) is 0 Å². The molecule has 0 aromatic heterocycles. The first-order valence-corrected chi connectivity index (χ1v) is 4.27. The lowest BCUT2D eigenvalue weighted by Crippen LogP contribution is -1.95. The first kappa shape index (κ1) is 7.61. The summed E-state index contributed by atoms with van der Waals surface area (Å²) in [5, 5.41) is 0. The Morgan fingerprint density at radius 1 is 1.40 bits per heavy atom. The van der Waals surface area contributed by atoms with E-state index in [1.807, 2.05) is 26.0 Å². The fourth-order valence-electron chi connectivity index (χ4n) is 0.978. The molecule has 0 aliphatic carbocycles. The topological polar surface area (TPSA) is 17.1 Å². The van der Waals surface area contributed by atoms with Crippen LogP contribution < -0.4 is 0 Å². The van der Waals surface area contributed by atoms with Gasteiger partial charge in [0.1, 0.15) is 0 Å². The average Bonchev–Trinajstić information content (AvgIpc) is 2.30. The molecule has 0 aromatic rings. The molecule has 1 nitrogen and oxygen atoms in total. The van der Waals surface area contributed by atoms with Crippen LogP contribution in [0.5, 0.6) is 0 Å². The summed E-state index contributed by atoms with van der Waals surface area (Å²) >= 11 is 1.63. The molecule has 0 unspecified atom stereocenters. The number of carbonyl (C=O) groups is 1. The largest absolute Gasteiger partial charge is 0.293 e. The highest BCUT2D eigenvalue weighted by atomic mass is 32.2. The quantitative estimate of drug-likeness (QED) is 0.497. The van der Waals surface area contributed by atoms with Gasteiger partial charge in [-0.3, -0.25) is 4.79 Å². The van der Waals surface area contributed by atoms with Crippen LogP contribution in [0.4, 0.5) is 0 Å². The molecule has 0 amide bonds. The molecule has 2 heteroatoms. The zero-order valence-electron chi connectivity index (χ0n) is 6.18. The molecule has 0 bridgehead atoms. The highest BCUT2D eigenvalue weighted by molar-refractivity contribution is 8.04. The van der Waals surface area contributed by atoms with E-state index in [9.17, 15) is 4.79 Å². The SMILES string of the molecule is C/C=C1/C(=O)CS/C1=C/C. The lowest BCUT2D eigenvalue weighted by atomic mass is 10.2. The van der Waals surface area contributed by atoms with Gasteiger partial charge in [0.15, 0.2) is 5.78 Å². The molecule has 0 saturated carbocycles. The van der Waals surface area contributed by atoms with Gasteiger partial charge in [-0.2, -0.15) is 0 Å². The van der Waals surface area contributed by atoms with E-state index in [1.54, 1.807) is 11.8 Å². The van der Waals surface area contributed by atoms with Crippen LogP contribution in [0.2, 0.25) is 0 Å². The van der Waals surface area contributed by atoms with Gasteiger partial charge in [0, 0.05) is 10.5 Å². The van der Waals surface area contributed by atoms with Crippen LogP contribution in [0.1, 0.15) is 13.8 Å². The zero-order valence-corrected chi connectivity index (χ0v) is 6.99. The van der Waals surface area contributed by atoms with E-state index in [4.69, 9.17) is 0 Å². The molecule has 10 heavy (non-hydrogen) atoms. The summed E-state index contributed by atoms with van der Waals surface area (Å²) in [6.07, 6.45) is 3.88. The summed E-state index contributed by atoms with van der Waals surface area (Å²) in [5.41, 5.74) is 0.896. The molecule has 0 spiro atoms. The third-order valence-corrected chi connectivity index (χ3v) is 2.65. The lowest BCUT2D eigenvalue weighted by molar-refractivity contribution is -0.112. The maximum absolute atomic E-state index is 11.0. The number of hydrogen-bond acceptors (Lipinski definition) is 2. The summed E-state index contributed by atoms with van der Waals surface area (Å²) in [6, 6.07) is 0. The molecule has 0 atom stereocenters.